The van der Waals surface area contributed by atoms with Gasteiger partial charge in [-0.05, 0) is 81.9 Å². The molecule has 8 heteroatoms. The zero-order valence-corrected chi connectivity index (χ0v) is 20.8. The summed E-state index contributed by atoms with van der Waals surface area (Å²) in [6, 6.07) is 8.16. The first-order valence-corrected chi connectivity index (χ1v) is 12.8. The van der Waals surface area contributed by atoms with Crippen molar-refractivity contribution in [1.82, 2.24) is 10.2 Å². The summed E-state index contributed by atoms with van der Waals surface area (Å²) in [6.45, 7) is 7.74. The van der Waals surface area contributed by atoms with Crippen LogP contribution in [0, 0.1) is 34.6 Å². The van der Waals surface area contributed by atoms with Crippen LogP contribution in [0.1, 0.15) is 46.0 Å². The molecule has 1 aliphatic heterocycles. The van der Waals surface area contributed by atoms with Gasteiger partial charge in [0.25, 0.3) is 0 Å². The number of aliphatic imine (C=N–C) groups is 1. The molecular formula is C26H34ClN5O2. The minimum atomic E-state index is -0.617. The second kappa shape index (κ2) is 8.73. The Labute approximate surface area is 206 Å². The van der Waals surface area contributed by atoms with Crippen molar-refractivity contribution >= 4 is 29.1 Å². The average Bonchev–Trinajstić information content (AvgIpc) is 2.80. The van der Waals surface area contributed by atoms with Crippen molar-refractivity contribution in [2.75, 3.05) is 31.1 Å². The molecule has 0 radical (unpaired) electrons. The number of rotatable bonds is 5. The van der Waals surface area contributed by atoms with Gasteiger partial charge in [-0.3, -0.25) is 9.69 Å². The molecule has 1 heterocycles. The summed E-state index contributed by atoms with van der Waals surface area (Å²) in [5.74, 6) is 1.29. The fourth-order valence-electron chi connectivity index (χ4n) is 7.42. The first-order chi connectivity index (χ1) is 16.2. The molecule has 2 atom stereocenters. The number of hydrogen-bond donors (Lipinski definition) is 2. The summed E-state index contributed by atoms with van der Waals surface area (Å²) in [5.41, 5.74) is 0.179. The quantitative estimate of drug-likeness (QED) is 0.374. The van der Waals surface area contributed by atoms with Gasteiger partial charge < -0.3 is 15.3 Å². The van der Waals surface area contributed by atoms with E-state index in [0.717, 1.165) is 69.0 Å². The van der Waals surface area contributed by atoms with Gasteiger partial charge in [0, 0.05) is 42.9 Å². The molecule has 182 valence electrons. The lowest BCUT2D eigenvalue weighted by Gasteiger charge is -2.59. The van der Waals surface area contributed by atoms with Crippen LogP contribution in [0.25, 0.3) is 0 Å². The third-order valence-corrected chi connectivity index (χ3v) is 9.25. The van der Waals surface area contributed by atoms with E-state index in [1.807, 2.05) is 24.4 Å². The molecule has 5 aliphatic rings. The molecule has 4 bridgehead atoms. The molecular weight excluding hydrogens is 450 g/mol. The summed E-state index contributed by atoms with van der Waals surface area (Å²) in [7, 11) is 0. The molecule has 4 saturated carbocycles. The minimum Gasteiger partial charge on any atom is -0.481 e. The third kappa shape index (κ3) is 4.05. The lowest BCUT2D eigenvalue weighted by molar-refractivity contribution is -0.166. The number of nitrogens with zero attached hydrogens (tertiary/aromatic N) is 4. The van der Waals surface area contributed by atoms with Gasteiger partial charge in [-0.1, -0.05) is 17.7 Å². The average molecular weight is 484 g/mol. The number of carbonyl (C=O) groups is 1. The lowest BCUT2D eigenvalue weighted by Crippen LogP contribution is -2.66. The summed E-state index contributed by atoms with van der Waals surface area (Å²) in [5, 5.41) is 23.9. The monoisotopic (exact) mass is 483 g/mol. The van der Waals surface area contributed by atoms with Gasteiger partial charge in [0.05, 0.1) is 11.0 Å². The fourth-order valence-corrected chi connectivity index (χ4v) is 7.61. The van der Waals surface area contributed by atoms with Crippen molar-refractivity contribution in [3.05, 3.63) is 29.3 Å². The Bertz CT molecular complexity index is 1010. The second-order valence-corrected chi connectivity index (χ2v) is 11.7. The standard InChI is InChI=1S/C26H34ClN5O2/c1-25(2,32-8-6-31(7-9-32)21-5-3-4-20(27)12-21)23(29-16-28)30-22-18-10-17-11-19(22)15-26(13-17,14-18)24(33)34/h3-5,12,17-19,22H,6-11,13-15H2,1-2H3,(H,29,30)(H,33,34). The van der Waals surface area contributed by atoms with E-state index in [9.17, 15) is 15.2 Å². The Morgan fingerprint density at radius 1 is 1.21 bits per heavy atom. The van der Waals surface area contributed by atoms with Crippen molar-refractivity contribution in [3.8, 4) is 6.19 Å². The number of piperazine rings is 1. The molecule has 0 aromatic heterocycles. The van der Waals surface area contributed by atoms with Crippen LogP contribution in [0.15, 0.2) is 29.3 Å². The van der Waals surface area contributed by atoms with Crippen LogP contribution >= 0.6 is 11.6 Å². The molecule has 1 aromatic rings. The van der Waals surface area contributed by atoms with Gasteiger partial charge in [0.1, 0.15) is 5.84 Å². The number of amidine groups is 1. The molecule has 7 nitrogen and oxygen atoms in total. The highest BCUT2D eigenvalue weighted by Crippen LogP contribution is 2.60. The van der Waals surface area contributed by atoms with E-state index < -0.39 is 16.9 Å². The van der Waals surface area contributed by atoms with Crippen molar-refractivity contribution < 1.29 is 9.90 Å². The SMILES string of the molecule is CC(C)(/C(=N/C#N)NC1C2CC3CC1CC(C(=O)O)(C3)C2)N1CCN(c2cccc(Cl)c2)CC1. The maximum atomic E-state index is 12.1. The summed E-state index contributed by atoms with van der Waals surface area (Å²) >= 11 is 6.19. The van der Waals surface area contributed by atoms with E-state index in [2.05, 4.69) is 40.0 Å². The molecule has 5 fully saturated rings. The maximum Gasteiger partial charge on any atom is 0.309 e. The Hall–Kier alpha value is -2.30. The highest BCUT2D eigenvalue weighted by atomic mass is 35.5. The zero-order valence-electron chi connectivity index (χ0n) is 20.0. The second-order valence-electron chi connectivity index (χ2n) is 11.3. The highest BCUT2D eigenvalue weighted by molar-refractivity contribution is 6.30. The smallest absolute Gasteiger partial charge is 0.309 e. The number of carboxylic acid groups (broad SMARTS) is 1. The lowest BCUT2D eigenvalue weighted by atomic mass is 9.48. The highest BCUT2D eigenvalue weighted by Gasteiger charge is 2.59. The molecule has 4 aliphatic carbocycles. The normalized spacial score (nSPS) is 33.6. The molecule has 2 N–H and O–H groups in total. The molecule has 6 rings (SSSR count). The van der Waals surface area contributed by atoms with E-state index in [1.165, 1.54) is 0 Å². The number of halogens is 1. The topological polar surface area (TPSA) is 92.0 Å². The largest absolute Gasteiger partial charge is 0.481 e. The number of benzene rings is 1. The maximum absolute atomic E-state index is 12.1. The van der Waals surface area contributed by atoms with Gasteiger partial charge in [0.15, 0.2) is 0 Å². The van der Waals surface area contributed by atoms with Crippen molar-refractivity contribution in [2.45, 2.75) is 57.5 Å². The Morgan fingerprint density at radius 3 is 2.47 bits per heavy atom. The van der Waals surface area contributed by atoms with Crippen LogP contribution in [0.2, 0.25) is 5.02 Å². The number of hydrogen-bond acceptors (Lipinski definition) is 5. The number of nitriles is 1. The third-order valence-electron chi connectivity index (χ3n) is 9.02. The van der Waals surface area contributed by atoms with Crippen LogP contribution < -0.4 is 10.2 Å². The number of anilines is 1. The molecule has 1 saturated heterocycles. The number of nitrogens with one attached hydrogen (secondary N) is 1. The zero-order chi connectivity index (χ0) is 24.1. The fraction of sp³-hybridized carbons (Fsp3) is 0.654. The van der Waals surface area contributed by atoms with Crippen LogP contribution in [0.5, 0.6) is 0 Å². The van der Waals surface area contributed by atoms with Crippen molar-refractivity contribution in [2.24, 2.45) is 28.2 Å². The predicted octanol–water partition coefficient (Wildman–Crippen LogP) is 3.99. The van der Waals surface area contributed by atoms with Gasteiger partial charge in [0.2, 0.25) is 6.19 Å². The van der Waals surface area contributed by atoms with E-state index in [1.54, 1.807) is 0 Å². The molecule has 2 unspecified atom stereocenters. The minimum absolute atomic E-state index is 0.197. The number of carboxylic acids is 1. The molecule has 0 spiro atoms. The van der Waals surface area contributed by atoms with E-state index in [0.29, 0.717) is 23.6 Å². The predicted molar refractivity (Wildman–Crippen MR) is 133 cm³/mol. The van der Waals surface area contributed by atoms with Gasteiger partial charge in [-0.15, -0.1) is 0 Å². The van der Waals surface area contributed by atoms with Crippen LogP contribution in [-0.2, 0) is 4.79 Å². The van der Waals surface area contributed by atoms with E-state index in [4.69, 9.17) is 11.6 Å². The Morgan fingerprint density at radius 2 is 1.88 bits per heavy atom. The number of aliphatic carboxylic acids is 1. The Kier molecular flexibility index (Phi) is 6.02. The van der Waals surface area contributed by atoms with Crippen LogP contribution in [0.3, 0.4) is 0 Å². The Balaban J connectivity index is 1.29. The molecule has 34 heavy (non-hydrogen) atoms. The van der Waals surface area contributed by atoms with Crippen LogP contribution in [-0.4, -0.2) is 59.6 Å². The summed E-state index contributed by atoms with van der Waals surface area (Å²) in [6.07, 6.45) is 6.52. The first-order valence-electron chi connectivity index (χ1n) is 12.4. The van der Waals surface area contributed by atoms with Crippen molar-refractivity contribution in [3.63, 3.8) is 0 Å². The van der Waals surface area contributed by atoms with E-state index >= 15 is 0 Å². The summed E-state index contributed by atoms with van der Waals surface area (Å²) in [4.78, 5) is 21.1. The molecule has 1 aromatic carbocycles. The van der Waals surface area contributed by atoms with Gasteiger partial charge in [-0.2, -0.15) is 10.3 Å². The van der Waals surface area contributed by atoms with Gasteiger partial charge >= 0.3 is 5.97 Å². The van der Waals surface area contributed by atoms with Crippen LogP contribution in [0.4, 0.5) is 5.69 Å². The van der Waals surface area contributed by atoms with Crippen molar-refractivity contribution in [1.29, 1.82) is 5.26 Å². The summed E-state index contributed by atoms with van der Waals surface area (Å²) < 4.78 is 0. The van der Waals surface area contributed by atoms with Gasteiger partial charge in [-0.25, -0.2) is 0 Å². The first kappa shape index (κ1) is 23.4. The van der Waals surface area contributed by atoms with E-state index in [-0.39, 0.29) is 6.04 Å². The molecule has 0 amide bonds.